The fraction of sp³-hybridized carbons (Fsp3) is 0.545. The van der Waals surface area contributed by atoms with E-state index < -0.39 is 0 Å². The predicted molar refractivity (Wildman–Crippen MR) is 58.6 cm³/mol. The van der Waals surface area contributed by atoms with Gasteiger partial charge in [-0.3, -0.25) is 0 Å². The van der Waals surface area contributed by atoms with E-state index in [-0.39, 0.29) is 0 Å². The van der Waals surface area contributed by atoms with Gasteiger partial charge in [0.2, 0.25) is 0 Å². The Labute approximate surface area is 89.1 Å². The van der Waals surface area contributed by atoms with E-state index in [2.05, 4.69) is 4.98 Å². The summed E-state index contributed by atoms with van der Waals surface area (Å²) in [5.74, 6) is 1.04. The summed E-state index contributed by atoms with van der Waals surface area (Å²) in [5.41, 5.74) is 0. The number of ether oxygens (including phenoxy) is 1. The van der Waals surface area contributed by atoms with Crippen LogP contribution in [0.3, 0.4) is 0 Å². The third-order valence-electron chi connectivity index (χ3n) is 2.33. The summed E-state index contributed by atoms with van der Waals surface area (Å²) in [6, 6.07) is 6.02. The summed E-state index contributed by atoms with van der Waals surface area (Å²) in [7, 11) is 0. The zero-order valence-corrected chi connectivity index (χ0v) is 9.00. The quantitative estimate of drug-likeness (QED) is 0.715. The van der Waals surface area contributed by atoms with Crippen molar-refractivity contribution >= 4 is 11.8 Å². The van der Waals surface area contributed by atoms with Gasteiger partial charge in [-0.1, -0.05) is 6.07 Å². The highest BCUT2D eigenvalue weighted by atomic mass is 32.2. The molecule has 1 aromatic rings. The molecule has 2 rings (SSSR count). The standard InChI is InChI=1S/C11H15NOS/c1-3-7-12-11(6-1)14-9-10-5-2-4-8-13-10/h1,3,6-7,10H,2,4-5,8-9H2. The van der Waals surface area contributed by atoms with Crippen molar-refractivity contribution in [2.75, 3.05) is 12.4 Å². The van der Waals surface area contributed by atoms with E-state index >= 15 is 0 Å². The first-order chi connectivity index (χ1) is 6.95. The molecular formula is C11H15NOS. The number of nitrogens with zero attached hydrogens (tertiary/aromatic N) is 1. The summed E-state index contributed by atoms with van der Waals surface area (Å²) < 4.78 is 5.65. The van der Waals surface area contributed by atoms with Gasteiger partial charge in [0.25, 0.3) is 0 Å². The zero-order valence-electron chi connectivity index (χ0n) is 8.19. The van der Waals surface area contributed by atoms with Crippen LogP contribution in [0.2, 0.25) is 0 Å². The molecule has 76 valence electrons. The number of aromatic nitrogens is 1. The molecule has 1 saturated heterocycles. The Hall–Kier alpha value is -0.540. The number of hydrogen-bond donors (Lipinski definition) is 0. The molecule has 1 aliphatic rings. The molecule has 3 heteroatoms. The van der Waals surface area contributed by atoms with Crippen LogP contribution in [0.5, 0.6) is 0 Å². The van der Waals surface area contributed by atoms with Crippen molar-refractivity contribution in [1.82, 2.24) is 4.98 Å². The lowest BCUT2D eigenvalue weighted by Crippen LogP contribution is -2.21. The largest absolute Gasteiger partial charge is 0.377 e. The van der Waals surface area contributed by atoms with Gasteiger partial charge < -0.3 is 4.74 Å². The Morgan fingerprint density at radius 3 is 3.14 bits per heavy atom. The number of hydrogen-bond acceptors (Lipinski definition) is 3. The third kappa shape index (κ3) is 3.00. The van der Waals surface area contributed by atoms with E-state index in [1.54, 1.807) is 11.8 Å². The molecule has 0 amide bonds. The van der Waals surface area contributed by atoms with E-state index in [0.717, 1.165) is 17.4 Å². The van der Waals surface area contributed by atoms with Gasteiger partial charge >= 0.3 is 0 Å². The average molecular weight is 209 g/mol. The highest BCUT2D eigenvalue weighted by Gasteiger charge is 2.13. The molecule has 0 aromatic carbocycles. The molecule has 1 aromatic heterocycles. The lowest BCUT2D eigenvalue weighted by molar-refractivity contribution is 0.0315. The van der Waals surface area contributed by atoms with Crippen molar-refractivity contribution < 1.29 is 4.74 Å². The topological polar surface area (TPSA) is 22.1 Å². The van der Waals surface area contributed by atoms with Crippen molar-refractivity contribution in [3.8, 4) is 0 Å². The van der Waals surface area contributed by atoms with Crippen LogP contribution in [-0.4, -0.2) is 23.4 Å². The molecule has 1 atom stereocenters. The monoisotopic (exact) mass is 209 g/mol. The predicted octanol–water partition coefficient (Wildman–Crippen LogP) is 2.74. The minimum atomic E-state index is 0.441. The third-order valence-corrected chi connectivity index (χ3v) is 3.40. The maximum atomic E-state index is 5.65. The molecule has 14 heavy (non-hydrogen) atoms. The molecule has 1 unspecified atom stereocenters. The maximum absolute atomic E-state index is 5.65. The molecule has 0 N–H and O–H groups in total. The van der Waals surface area contributed by atoms with E-state index in [0.29, 0.717) is 6.10 Å². The Morgan fingerprint density at radius 1 is 1.43 bits per heavy atom. The number of pyridine rings is 1. The molecule has 0 radical (unpaired) electrons. The second kappa shape index (κ2) is 5.37. The van der Waals surface area contributed by atoms with Gasteiger partial charge in [0, 0.05) is 18.6 Å². The van der Waals surface area contributed by atoms with E-state index in [4.69, 9.17) is 4.74 Å². The summed E-state index contributed by atoms with van der Waals surface area (Å²) in [6.07, 6.45) is 6.03. The molecule has 2 nitrogen and oxygen atoms in total. The SMILES string of the molecule is c1ccc(SCC2CCCCO2)nc1. The zero-order chi connectivity index (χ0) is 9.64. The molecule has 2 heterocycles. The van der Waals surface area contributed by atoms with Gasteiger partial charge in [0.1, 0.15) is 0 Å². The fourth-order valence-corrected chi connectivity index (χ4v) is 2.48. The van der Waals surface area contributed by atoms with Crippen LogP contribution in [0.25, 0.3) is 0 Å². The molecule has 1 aliphatic heterocycles. The first-order valence-corrected chi connectivity index (χ1v) is 6.09. The van der Waals surface area contributed by atoms with Crippen molar-refractivity contribution in [2.24, 2.45) is 0 Å². The van der Waals surface area contributed by atoms with Crippen LogP contribution in [-0.2, 0) is 4.74 Å². The van der Waals surface area contributed by atoms with Crippen LogP contribution >= 0.6 is 11.8 Å². The number of thioether (sulfide) groups is 1. The Morgan fingerprint density at radius 2 is 2.43 bits per heavy atom. The minimum Gasteiger partial charge on any atom is -0.377 e. The second-order valence-corrected chi connectivity index (χ2v) is 4.51. The highest BCUT2D eigenvalue weighted by Crippen LogP contribution is 2.21. The van der Waals surface area contributed by atoms with Gasteiger partial charge in [0.15, 0.2) is 0 Å². The van der Waals surface area contributed by atoms with E-state index in [9.17, 15) is 0 Å². The fourth-order valence-electron chi connectivity index (χ4n) is 1.55. The van der Waals surface area contributed by atoms with Gasteiger partial charge in [-0.2, -0.15) is 0 Å². The van der Waals surface area contributed by atoms with Crippen molar-refractivity contribution in [1.29, 1.82) is 0 Å². The first kappa shape index (κ1) is 9.99. The Bertz CT molecular complexity index is 259. The minimum absolute atomic E-state index is 0.441. The van der Waals surface area contributed by atoms with Gasteiger partial charge in [-0.25, -0.2) is 4.98 Å². The van der Waals surface area contributed by atoms with Crippen molar-refractivity contribution in [3.63, 3.8) is 0 Å². The second-order valence-electron chi connectivity index (χ2n) is 3.47. The normalized spacial score (nSPS) is 22.1. The van der Waals surface area contributed by atoms with Crippen LogP contribution in [0.1, 0.15) is 19.3 Å². The lowest BCUT2D eigenvalue weighted by atomic mass is 10.1. The summed E-state index contributed by atoms with van der Waals surface area (Å²) in [6.45, 7) is 0.938. The Kier molecular flexibility index (Phi) is 3.83. The van der Waals surface area contributed by atoms with Gasteiger partial charge in [0.05, 0.1) is 11.1 Å². The van der Waals surface area contributed by atoms with Crippen LogP contribution in [0.4, 0.5) is 0 Å². The van der Waals surface area contributed by atoms with Gasteiger partial charge in [-0.05, 0) is 31.4 Å². The summed E-state index contributed by atoms with van der Waals surface area (Å²) >= 11 is 1.79. The molecular weight excluding hydrogens is 194 g/mol. The van der Waals surface area contributed by atoms with Gasteiger partial charge in [-0.15, -0.1) is 11.8 Å². The van der Waals surface area contributed by atoms with Crippen molar-refractivity contribution in [2.45, 2.75) is 30.4 Å². The maximum Gasteiger partial charge on any atom is 0.0960 e. The molecule has 0 bridgehead atoms. The molecule has 0 saturated carbocycles. The molecule has 0 aliphatic carbocycles. The van der Waals surface area contributed by atoms with Crippen LogP contribution < -0.4 is 0 Å². The molecule has 0 spiro atoms. The average Bonchev–Trinajstić information content (AvgIpc) is 2.29. The smallest absolute Gasteiger partial charge is 0.0960 e. The first-order valence-electron chi connectivity index (χ1n) is 5.10. The van der Waals surface area contributed by atoms with Crippen molar-refractivity contribution in [3.05, 3.63) is 24.4 Å². The Balaban J connectivity index is 1.76. The highest BCUT2D eigenvalue weighted by molar-refractivity contribution is 7.99. The van der Waals surface area contributed by atoms with E-state index in [1.165, 1.54) is 19.3 Å². The lowest BCUT2D eigenvalue weighted by Gasteiger charge is -2.21. The summed E-state index contributed by atoms with van der Waals surface area (Å²) in [4.78, 5) is 4.27. The molecule has 1 fully saturated rings. The summed E-state index contributed by atoms with van der Waals surface area (Å²) in [5, 5.41) is 1.10. The van der Waals surface area contributed by atoms with E-state index in [1.807, 2.05) is 24.4 Å². The number of rotatable bonds is 3. The van der Waals surface area contributed by atoms with Crippen LogP contribution in [0, 0.1) is 0 Å². The van der Waals surface area contributed by atoms with Crippen LogP contribution in [0.15, 0.2) is 29.4 Å².